The summed E-state index contributed by atoms with van der Waals surface area (Å²) >= 11 is 0. The molecule has 1 N–H and O–H groups in total. The molecule has 2 aliphatic rings. The predicted octanol–water partition coefficient (Wildman–Crippen LogP) is 3.65. The van der Waals surface area contributed by atoms with Crippen molar-refractivity contribution in [1.29, 1.82) is 0 Å². The molecule has 0 radical (unpaired) electrons. The van der Waals surface area contributed by atoms with E-state index in [4.69, 9.17) is 0 Å². The molecule has 0 aromatic heterocycles. The molecule has 0 saturated carbocycles. The Morgan fingerprint density at radius 1 is 1.00 bits per heavy atom. The Hall–Kier alpha value is -1.50. The topological polar surface area (TPSA) is 12.0 Å². The third-order valence-electron chi connectivity index (χ3n) is 3.23. The van der Waals surface area contributed by atoms with Crippen LogP contribution in [0.3, 0.4) is 0 Å². The molecular formula is C14H15N. The van der Waals surface area contributed by atoms with Crippen LogP contribution in [0.15, 0.2) is 47.7 Å². The second kappa shape index (κ2) is 3.58. The number of rotatable bonds is 0. The van der Waals surface area contributed by atoms with E-state index in [1.54, 1.807) is 0 Å². The van der Waals surface area contributed by atoms with Crippen molar-refractivity contribution in [2.45, 2.75) is 25.7 Å². The van der Waals surface area contributed by atoms with E-state index in [0.717, 1.165) is 6.42 Å². The van der Waals surface area contributed by atoms with Gasteiger partial charge in [0.25, 0.3) is 0 Å². The van der Waals surface area contributed by atoms with Gasteiger partial charge in [0, 0.05) is 11.4 Å². The van der Waals surface area contributed by atoms with Crippen LogP contribution in [0.4, 0.5) is 5.69 Å². The molecule has 0 saturated heterocycles. The number of para-hydroxylation sites is 1. The summed E-state index contributed by atoms with van der Waals surface area (Å²) in [6, 6.07) is 8.64. The minimum absolute atomic E-state index is 1.16. The molecule has 0 atom stereocenters. The number of hydrogen-bond donors (Lipinski definition) is 1. The lowest BCUT2D eigenvalue weighted by atomic mass is 9.99. The monoisotopic (exact) mass is 197 g/mol. The maximum atomic E-state index is 3.59. The van der Waals surface area contributed by atoms with Crippen molar-refractivity contribution in [3.63, 3.8) is 0 Å². The van der Waals surface area contributed by atoms with Crippen LogP contribution in [0.5, 0.6) is 0 Å². The first-order valence-electron chi connectivity index (χ1n) is 5.67. The lowest BCUT2D eigenvalue weighted by molar-refractivity contribution is 0.899. The summed E-state index contributed by atoms with van der Waals surface area (Å²) < 4.78 is 0. The van der Waals surface area contributed by atoms with E-state index in [1.165, 1.54) is 41.8 Å². The molecule has 1 aliphatic carbocycles. The largest absolute Gasteiger partial charge is 0.358 e. The number of nitrogens with one attached hydrogen (secondary N) is 1. The zero-order valence-corrected chi connectivity index (χ0v) is 8.79. The van der Waals surface area contributed by atoms with Crippen molar-refractivity contribution in [3.05, 3.63) is 53.3 Å². The highest BCUT2D eigenvalue weighted by Gasteiger charge is 2.14. The van der Waals surface area contributed by atoms with Crippen molar-refractivity contribution in [2.24, 2.45) is 0 Å². The van der Waals surface area contributed by atoms with E-state index in [2.05, 4.69) is 41.7 Å². The minimum Gasteiger partial charge on any atom is -0.358 e. The highest BCUT2D eigenvalue weighted by molar-refractivity contribution is 5.58. The molecular weight excluding hydrogens is 182 g/mol. The number of fused-ring (bicyclic) bond motifs is 1. The fourth-order valence-electron chi connectivity index (χ4n) is 2.38. The number of benzene rings is 1. The Bertz CT molecular complexity index is 440. The van der Waals surface area contributed by atoms with Gasteiger partial charge in [-0.1, -0.05) is 30.4 Å². The van der Waals surface area contributed by atoms with Gasteiger partial charge in [-0.05, 0) is 42.9 Å². The van der Waals surface area contributed by atoms with Crippen LogP contribution in [0.1, 0.15) is 24.8 Å². The molecule has 0 unspecified atom stereocenters. The van der Waals surface area contributed by atoms with Crippen LogP contribution in [0.2, 0.25) is 0 Å². The van der Waals surface area contributed by atoms with E-state index < -0.39 is 0 Å². The van der Waals surface area contributed by atoms with Gasteiger partial charge in [0.05, 0.1) is 0 Å². The zero-order chi connectivity index (χ0) is 10.1. The zero-order valence-electron chi connectivity index (χ0n) is 8.79. The average molecular weight is 197 g/mol. The Morgan fingerprint density at radius 3 is 2.93 bits per heavy atom. The fraction of sp³-hybridized carbons (Fsp3) is 0.286. The first-order valence-corrected chi connectivity index (χ1v) is 5.67. The number of allylic oxidation sites excluding steroid dienone is 4. The predicted molar refractivity (Wildman–Crippen MR) is 63.8 cm³/mol. The fourth-order valence-corrected chi connectivity index (χ4v) is 2.38. The third-order valence-corrected chi connectivity index (χ3v) is 3.23. The standard InChI is InChI=1S/C14H15N/c1-3-7-13-11(5-1)9-10-12-6-2-4-8-14(12)15-13/h1-3,5-7,15H,4,8-10H2. The van der Waals surface area contributed by atoms with Crippen molar-refractivity contribution in [1.82, 2.24) is 0 Å². The van der Waals surface area contributed by atoms with Crippen LogP contribution in [-0.2, 0) is 6.42 Å². The van der Waals surface area contributed by atoms with Crippen molar-refractivity contribution >= 4 is 5.69 Å². The van der Waals surface area contributed by atoms with Crippen molar-refractivity contribution in [3.8, 4) is 0 Å². The highest BCUT2D eigenvalue weighted by Crippen LogP contribution is 2.30. The van der Waals surface area contributed by atoms with E-state index in [0.29, 0.717) is 0 Å². The second-order valence-electron chi connectivity index (χ2n) is 4.23. The van der Waals surface area contributed by atoms with Crippen LogP contribution in [0.25, 0.3) is 0 Å². The van der Waals surface area contributed by atoms with Crippen molar-refractivity contribution < 1.29 is 0 Å². The summed E-state index contributed by atoms with van der Waals surface area (Å²) in [6.07, 6.45) is 9.25. The molecule has 1 nitrogen and oxygen atoms in total. The maximum Gasteiger partial charge on any atom is 0.0414 e. The molecule has 1 aromatic carbocycles. The van der Waals surface area contributed by atoms with Crippen LogP contribution >= 0.6 is 0 Å². The summed E-state index contributed by atoms with van der Waals surface area (Å²) in [4.78, 5) is 0. The van der Waals surface area contributed by atoms with Crippen LogP contribution in [0, 0.1) is 0 Å². The SMILES string of the molecule is C1=CC2=C(CC1)Nc1ccccc1CC2. The Balaban J connectivity index is 2.01. The summed E-state index contributed by atoms with van der Waals surface area (Å²) in [5.74, 6) is 0. The summed E-state index contributed by atoms with van der Waals surface area (Å²) in [5, 5.41) is 3.59. The van der Waals surface area contributed by atoms with Gasteiger partial charge in [0.2, 0.25) is 0 Å². The molecule has 0 spiro atoms. The van der Waals surface area contributed by atoms with Gasteiger partial charge in [-0.25, -0.2) is 0 Å². The molecule has 76 valence electrons. The molecule has 1 aliphatic heterocycles. The van der Waals surface area contributed by atoms with Gasteiger partial charge in [0.1, 0.15) is 0 Å². The molecule has 1 heteroatoms. The Morgan fingerprint density at radius 2 is 1.93 bits per heavy atom. The summed E-state index contributed by atoms with van der Waals surface area (Å²) in [5.41, 5.74) is 5.68. The first-order chi connectivity index (χ1) is 7.43. The third kappa shape index (κ3) is 1.58. The van der Waals surface area contributed by atoms with E-state index in [-0.39, 0.29) is 0 Å². The number of aryl methyl sites for hydroxylation is 1. The van der Waals surface area contributed by atoms with Gasteiger partial charge >= 0.3 is 0 Å². The second-order valence-corrected chi connectivity index (χ2v) is 4.23. The lowest BCUT2D eigenvalue weighted by Gasteiger charge is -2.15. The number of hydrogen-bond acceptors (Lipinski definition) is 1. The molecule has 3 rings (SSSR count). The molecule has 1 aromatic rings. The molecule has 0 bridgehead atoms. The number of anilines is 1. The average Bonchev–Trinajstić information content (AvgIpc) is 2.48. The summed E-state index contributed by atoms with van der Waals surface area (Å²) in [6.45, 7) is 0. The van der Waals surface area contributed by atoms with Gasteiger partial charge < -0.3 is 5.32 Å². The van der Waals surface area contributed by atoms with Gasteiger partial charge in [0.15, 0.2) is 0 Å². The summed E-state index contributed by atoms with van der Waals surface area (Å²) in [7, 11) is 0. The minimum atomic E-state index is 1.16. The van der Waals surface area contributed by atoms with Gasteiger partial charge in [-0.3, -0.25) is 0 Å². The lowest BCUT2D eigenvalue weighted by Crippen LogP contribution is -2.03. The van der Waals surface area contributed by atoms with Gasteiger partial charge in [-0.15, -0.1) is 0 Å². The Labute approximate surface area is 90.5 Å². The van der Waals surface area contributed by atoms with Crippen LogP contribution < -0.4 is 5.32 Å². The highest BCUT2D eigenvalue weighted by atomic mass is 14.9. The van der Waals surface area contributed by atoms with E-state index in [9.17, 15) is 0 Å². The van der Waals surface area contributed by atoms with Crippen molar-refractivity contribution in [2.75, 3.05) is 5.32 Å². The van der Waals surface area contributed by atoms with Crippen LogP contribution in [-0.4, -0.2) is 0 Å². The smallest absolute Gasteiger partial charge is 0.0414 e. The van der Waals surface area contributed by atoms with Gasteiger partial charge in [-0.2, -0.15) is 0 Å². The molecule has 0 amide bonds. The normalized spacial score (nSPS) is 18.9. The molecule has 1 heterocycles. The quantitative estimate of drug-likeness (QED) is 0.669. The maximum absolute atomic E-state index is 3.59. The Kier molecular flexibility index (Phi) is 2.09. The molecule has 0 fully saturated rings. The first kappa shape index (κ1) is 8.78. The van der Waals surface area contributed by atoms with E-state index >= 15 is 0 Å². The van der Waals surface area contributed by atoms with E-state index in [1.807, 2.05) is 0 Å². The molecule has 15 heavy (non-hydrogen) atoms.